The predicted molar refractivity (Wildman–Crippen MR) is 120 cm³/mol. The second-order valence-corrected chi connectivity index (χ2v) is 10.3. The topological polar surface area (TPSA) is 136 Å². The molecule has 2 aromatic rings. The van der Waals surface area contributed by atoms with Crippen molar-refractivity contribution in [2.45, 2.75) is 43.6 Å². The zero-order valence-corrected chi connectivity index (χ0v) is 19.2. The third-order valence-corrected chi connectivity index (χ3v) is 7.82. The summed E-state index contributed by atoms with van der Waals surface area (Å²) in [4.78, 5) is 36.3. The fourth-order valence-electron chi connectivity index (χ4n) is 3.31. The molecule has 1 aliphatic rings. The molecule has 1 aliphatic heterocycles. The molecule has 3 rings (SSSR count). The van der Waals surface area contributed by atoms with Crippen LogP contribution in [0, 0.1) is 0 Å². The molecular weight excluding hydrogens is 454 g/mol. The molecule has 2 heterocycles. The Morgan fingerprint density at radius 1 is 1.12 bits per heavy atom. The number of anilines is 1. The third kappa shape index (κ3) is 5.53. The van der Waals surface area contributed by atoms with Crippen LogP contribution in [0.2, 0.25) is 0 Å². The van der Waals surface area contributed by atoms with Gasteiger partial charge in [0.1, 0.15) is 5.00 Å². The van der Waals surface area contributed by atoms with Crippen molar-refractivity contribution < 1.29 is 27.5 Å². The highest BCUT2D eigenvalue weighted by Gasteiger charge is 2.27. The number of benzene rings is 1. The summed E-state index contributed by atoms with van der Waals surface area (Å²) in [5.74, 6) is -2.16. The first kappa shape index (κ1) is 23.9. The van der Waals surface area contributed by atoms with Crippen LogP contribution in [-0.4, -0.2) is 49.7 Å². The van der Waals surface area contributed by atoms with Gasteiger partial charge in [-0.25, -0.2) is 13.2 Å². The molecular formula is C21H25N3O6S2. The molecule has 32 heavy (non-hydrogen) atoms. The van der Waals surface area contributed by atoms with Gasteiger partial charge in [-0.05, 0) is 49.4 Å². The van der Waals surface area contributed by atoms with Crippen molar-refractivity contribution in [3.05, 3.63) is 46.8 Å². The van der Waals surface area contributed by atoms with Crippen LogP contribution >= 0.6 is 11.3 Å². The van der Waals surface area contributed by atoms with E-state index >= 15 is 0 Å². The van der Waals surface area contributed by atoms with Gasteiger partial charge in [0.2, 0.25) is 10.0 Å². The molecule has 0 saturated carbocycles. The van der Waals surface area contributed by atoms with E-state index in [9.17, 15) is 22.8 Å². The maximum Gasteiger partial charge on any atom is 0.338 e. The van der Waals surface area contributed by atoms with E-state index in [0.717, 1.165) is 37.0 Å². The summed E-state index contributed by atoms with van der Waals surface area (Å²) in [6.07, 6.45) is 2.40. The standard InChI is InChI=1S/C21H25N3O6S2/c1-14(19(26)23-20-17(18(22)25)9-12-31-20)30-21(27)15-7-6-8-16(13-15)32(28,29)24-10-4-2-3-5-11-24/h6-9,12-14H,2-5,10-11H2,1H3,(H2,22,25)(H,23,26)/t14-/m1/s1. The van der Waals surface area contributed by atoms with E-state index in [1.165, 1.54) is 41.6 Å². The van der Waals surface area contributed by atoms with E-state index in [4.69, 9.17) is 10.5 Å². The largest absolute Gasteiger partial charge is 0.449 e. The van der Waals surface area contributed by atoms with Crippen LogP contribution in [0.15, 0.2) is 40.6 Å². The van der Waals surface area contributed by atoms with Gasteiger partial charge < -0.3 is 15.8 Å². The zero-order chi connectivity index (χ0) is 23.3. The number of ether oxygens (including phenoxy) is 1. The van der Waals surface area contributed by atoms with Gasteiger partial charge in [0.15, 0.2) is 6.10 Å². The molecule has 1 fully saturated rings. The summed E-state index contributed by atoms with van der Waals surface area (Å²) < 4.78 is 32.6. The number of nitrogens with two attached hydrogens (primary N) is 1. The Hall–Kier alpha value is -2.76. The number of primary amides is 1. The summed E-state index contributed by atoms with van der Waals surface area (Å²) in [5.41, 5.74) is 5.44. The highest BCUT2D eigenvalue weighted by Crippen LogP contribution is 2.24. The Balaban J connectivity index is 1.69. The number of hydrogen-bond acceptors (Lipinski definition) is 7. The van der Waals surface area contributed by atoms with Crippen LogP contribution < -0.4 is 11.1 Å². The molecule has 11 heteroatoms. The van der Waals surface area contributed by atoms with Crippen LogP contribution in [0.5, 0.6) is 0 Å². The van der Waals surface area contributed by atoms with E-state index in [1.807, 2.05) is 0 Å². The molecule has 3 N–H and O–H groups in total. The number of amides is 2. The fraction of sp³-hybridized carbons (Fsp3) is 0.381. The van der Waals surface area contributed by atoms with E-state index in [-0.39, 0.29) is 21.0 Å². The number of rotatable bonds is 7. The van der Waals surface area contributed by atoms with Crippen LogP contribution in [0.3, 0.4) is 0 Å². The van der Waals surface area contributed by atoms with E-state index in [2.05, 4.69) is 5.32 Å². The maximum absolute atomic E-state index is 13.0. The molecule has 172 valence electrons. The van der Waals surface area contributed by atoms with Gasteiger partial charge in [-0.1, -0.05) is 18.9 Å². The lowest BCUT2D eigenvalue weighted by atomic mass is 10.2. The van der Waals surface area contributed by atoms with Crippen LogP contribution in [-0.2, 0) is 19.6 Å². The number of hydrogen-bond donors (Lipinski definition) is 2. The Kier molecular flexibility index (Phi) is 7.64. The van der Waals surface area contributed by atoms with Crippen molar-refractivity contribution in [3.8, 4) is 0 Å². The first-order valence-electron chi connectivity index (χ1n) is 10.2. The normalized spacial score (nSPS) is 16.0. The summed E-state index contributed by atoms with van der Waals surface area (Å²) in [5, 5.41) is 4.37. The van der Waals surface area contributed by atoms with Crippen molar-refractivity contribution in [2.24, 2.45) is 5.73 Å². The van der Waals surface area contributed by atoms with Crippen LogP contribution in [0.25, 0.3) is 0 Å². The summed E-state index contributed by atoms with van der Waals surface area (Å²) in [7, 11) is -3.73. The number of sulfonamides is 1. The Bertz CT molecular complexity index is 1100. The number of nitrogens with one attached hydrogen (secondary N) is 1. The smallest absolute Gasteiger partial charge is 0.338 e. The molecule has 9 nitrogen and oxygen atoms in total. The Morgan fingerprint density at radius 3 is 2.47 bits per heavy atom. The second-order valence-electron chi connectivity index (χ2n) is 7.41. The molecule has 0 unspecified atom stereocenters. The molecule has 1 saturated heterocycles. The Labute approximate surface area is 190 Å². The molecule has 2 amide bonds. The first-order valence-corrected chi connectivity index (χ1v) is 12.5. The van der Waals surface area contributed by atoms with Gasteiger partial charge in [0, 0.05) is 13.1 Å². The van der Waals surface area contributed by atoms with Gasteiger partial charge in [-0.2, -0.15) is 4.31 Å². The third-order valence-electron chi connectivity index (χ3n) is 5.09. The number of esters is 1. The summed E-state index contributed by atoms with van der Waals surface area (Å²) in [6.45, 7) is 2.27. The molecule has 1 aromatic carbocycles. The molecule has 0 bridgehead atoms. The zero-order valence-electron chi connectivity index (χ0n) is 17.6. The first-order chi connectivity index (χ1) is 15.2. The minimum atomic E-state index is -3.73. The predicted octanol–water partition coefficient (Wildman–Crippen LogP) is 2.60. The number of carbonyl (C=O) groups excluding carboxylic acids is 3. The minimum Gasteiger partial charge on any atom is -0.449 e. The lowest BCUT2D eigenvalue weighted by Gasteiger charge is -2.20. The summed E-state index contributed by atoms with van der Waals surface area (Å²) in [6, 6.07) is 7.08. The number of carbonyl (C=O) groups is 3. The van der Waals surface area contributed by atoms with Gasteiger partial charge in [0.25, 0.3) is 11.8 Å². The van der Waals surface area contributed by atoms with E-state index in [0.29, 0.717) is 13.1 Å². The van der Waals surface area contributed by atoms with Gasteiger partial charge in [-0.3, -0.25) is 9.59 Å². The highest BCUT2D eigenvalue weighted by atomic mass is 32.2. The van der Waals surface area contributed by atoms with Crippen molar-refractivity contribution in [2.75, 3.05) is 18.4 Å². The average molecular weight is 480 g/mol. The van der Waals surface area contributed by atoms with Crippen molar-refractivity contribution in [3.63, 3.8) is 0 Å². The van der Waals surface area contributed by atoms with Crippen LogP contribution in [0.1, 0.15) is 53.3 Å². The lowest BCUT2D eigenvalue weighted by molar-refractivity contribution is -0.123. The lowest BCUT2D eigenvalue weighted by Crippen LogP contribution is -2.32. The maximum atomic E-state index is 13.0. The Morgan fingerprint density at radius 2 is 1.81 bits per heavy atom. The molecule has 1 aromatic heterocycles. The molecule has 0 aliphatic carbocycles. The van der Waals surface area contributed by atoms with Crippen molar-refractivity contribution in [1.29, 1.82) is 0 Å². The molecule has 0 spiro atoms. The summed E-state index contributed by atoms with van der Waals surface area (Å²) >= 11 is 1.11. The van der Waals surface area contributed by atoms with Gasteiger partial charge in [0.05, 0.1) is 16.0 Å². The van der Waals surface area contributed by atoms with Crippen LogP contribution in [0.4, 0.5) is 5.00 Å². The quantitative estimate of drug-likeness (QED) is 0.586. The second kappa shape index (κ2) is 10.2. The number of thiophene rings is 1. The molecule has 1 atom stereocenters. The highest BCUT2D eigenvalue weighted by molar-refractivity contribution is 7.89. The van der Waals surface area contributed by atoms with E-state index in [1.54, 1.807) is 5.38 Å². The van der Waals surface area contributed by atoms with E-state index < -0.39 is 33.9 Å². The monoisotopic (exact) mass is 479 g/mol. The van der Waals surface area contributed by atoms with Crippen molar-refractivity contribution >= 4 is 44.1 Å². The van der Waals surface area contributed by atoms with Gasteiger partial charge in [-0.15, -0.1) is 11.3 Å². The van der Waals surface area contributed by atoms with Gasteiger partial charge >= 0.3 is 5.97 Å². The number of nitrogens with zero attached hydrogens (tertiary/aromatic N) is 1. The SMILES string of the molecule is C[C@@H](OC(=O)c1cccc(S(=O)(=O)N2CCCCCC2)c1)C(=O)Nc1sccc1C(N)=O. The fourth-order valence-corrected chi connectivity index (χ4v) is 5.67. The molecule has 0 radical (unpaired) electrons. The van der Waals surface area contributed by atoms with Crippen molar-refractivity contribution in [1.82, 2.24) is 4.31 Å². The minimum absolute atomic E-state index is 0.00985. The average Bonchev–Trinajstić information content (AvgIpc) is 3.04.